The number of likely N-dealkylation sites (N-methyl/N-ethyl adjacent to an activating group) is 1. The number of allylic oxidation sites excluding steroid dienone is 1. The number of aromatic nitrogens is 2. The van der Waals surface area contributed by atoms with Gasteiger partial charge in [0, 0.05) is 14.7 Å². The summed E-state index contributed by atoms with van der Waals surface area (Å²) in [5.41, 5.74) is 3.37. The van der Waals surface area contributed by atoms with Gasteiger partial charge in [-0.1, -0.05) is 27.2 Å². The molecule has 1 aliphatic heterocycles. The molecule has 2 rings (SSSR count). The second-order valence-electron chi connectivity index (χ2n) is 3.80. The molecule has 0 spiro atoms. The number of hydrogen-bond acceptors (Lipinski definition) is 4. The zero-order valence-corrected chi connectivity index (χ0v) is 11.1. The molecule has 0 saturated carbocycles. The smallest absolute Gasteiger partial charge is 0.224 e. The van der Waals surface area contributed by atoms with E-state index in [9.17, 15) is 0 Å². The van der Waals surface area contributed by atoms with Crippen LogP contribution in [0.15, 0.2) is 18.2 Å². The van der Waals surface area contributed by atoms with Crippen LogP contribution in [0.2, 0.25) is 0 Å². The maximum Gasteiger partial charge on any atom is 0.224 e. The van der Waals surface area contributed by atoms with Gasteiger partial charge in [-0.2, -0.15) is 0 Å². The van der Waals surface area contributed by atoms with E-state index in [4.69, 9.17) is 4.74 Å². The standard InChI is InChI=1S/C10H13N3O.C3H8.H2/c1-3-7-8-4-12-6-13-10(8)14-5-9(7)11-2;1-3-2;/h4,6,11H,3,5H2,1-2H3;3H2,1-2H3;1H. The van der Waals surface area contributed by atoms with E-state index in [1.54, 1.807) is 6.20 Å². The minimum Gasteiger partial charge on any atom is -0.471 e. The van der Waals surface area contributed by atoms with Crippen molar-refractivity contribution in [2.24, 2.45) is 0 Å². The molecule has 1 aromatic heterocycles. The van der Waals surface area contributed by atoms with Gasteiger partial charge in [-0.05, 0) is 12.0 Å². The van der Waals surface area contributed by atoms with E-state index in [0.29, 0.717) is 12.5 Å². The summed E-state index contributed by atoms with van der Waals surface area (Å²) in [7, 11) is 1.91. The third-order valence-corrected chi connectivity index (χ3v) is 2.37. The van der Waals surface area contributed by atoms with Crippen molar-refractivity contribution in [3.63, 3.8) is 0 Å². The van der Waals surface area contributed by atoms with Gasteiger partial charge in [0.2, 0.25) is 5.88 Å². The van der Waals surface area contributed by atoms with Gasteiger partial charge < -0.3 is 10.1 Å². The molecule has 0 unspecified atom stereocenters. The number of ether oxygens (including phenoxy) is 1. The molecule has 0 aromatic carbocycles. The van der Waals surface area contributed by atoms with Crippen LogP contribution in [0.4, 0.5) is 0 Å². The van der Waals surface area contributed by atoms with Crippen molar-refractivity contribution in [1.29, 1.82) is 0 Å². The van der Waals surface area contributed by atoms with Crippen molar-refractivity contribution < 1.29 is 6.16 Å². The van der Waals surface area contributed by atoms with Crippen molar-refractivity contribution in [3.8, 4) is 5.88 Å². The zero-order chi connectivity index (χ0) is 12.7. The highest BCUT2D eigenvalue weighted by molar-refractivity contribution is 5.72. The first-order chi connectivity index (χ1) is 8.28. The molecule has 0 atom stereocenters. The van der Waals surface area contributed by atoms with Crippen molar-refractivity contribution in [2.75, 3.05) is 13.7 Å². The molecule has 0 amide bonds. The summed E-state index contributed by atoms with van der Waals surface area (Å²) in [6, 6.07) is 0. The fourth-order valence-corrected chi connectivity index (χ4v) is 1.66. The molecular weight excluding hydrogens is 214 g/mol. The molecule has 0 fully saturated rings. The lowest BCUT2D eigenvalue weighted by molar-refractivity contribution is 0.323. The Balaban J connectivity index is 0.000000660. The van der Waals surface area contributed by atoms with E-state index in [1.165, 1.54) is 18.3 Å². The van der Waals surface area contributed by atoms with Crippen LogP contribution in [0.25, 0.3) is 5.57 Å². The fraction of sp³-hybridized carbons (Fsp3) is 0.538. The Morgan fingerprint density at radius 1 is 1.41 bits per heavy atom. The molecule has 0 bridgehead atoms. The Kier molecular flexibility index (Phi) is 5.46. The molecule has 0 aliphatic carbocycles. The molecule has 4 nitrogen and oxygen atoms in total. The highest BCUT2D eigenvalue weighted by Crippen LogP contribution is 2.31. The third-order valence-electron chi connectivity index (χ3n) is 2.37. The van der Waals surface area contributed by atoms with Crippen LogP contribution in [-0.2, 0) is 0 Å². The Morgan fingerprint density at radius 3 is 2.71 bits per heavy atom. The van der Waals surface area contributed by atoms with E-state index in [-0.39, 0.29) is 1.43 Å². The van der Waals surface area contributed by atoms with Crippen LogP contribution in [0.1, 0.15) is 40.6 Å². The van der Waals surface area contributed by atoms with Gasteiger partial charge in [0.05, 0.1) is 11.3 Å². The summed E-state index contributed by atoms with van der Waals surface area (Å²) < 4.78 is 5.49. The van der Waals surface area contributed by atoms with Gasteiger partial charge in [0.1, 0.15) is 12.9 Å². The van der Waals surface area contributed by atoms with Crippen LogP contribution in [0.5, 0.6) is 5.88 Å². The van der Waals surface area contributed by atoms with E-state index in [0.717, 1.165) is 17.7 Å². The second-order valence-corrected chi connectivity index (χ2v) is 3.80. The predicted octanol–water partition coefficient (Wildman–Crippen LogP) is 2.87. The number of hydrogen-bond donors (Lipinski definition) is 1. The number of nitrogens with zero attached hydrogens (tertiary/aromatic N) is 2. The highest BCUT2D eigenvalue weighted by Gasteiger charge is 2.18. The van der Waals surface area contributed by atoms with Crippen molar-refractivity contribution in [1.82, 2.24) is 15.3 Å². The lowest BCUT2D eigenvalue weighted by atomic mass is 10.0. The Bertz CT molecular complexity index is 394. The number of fused-ring (bicyclic) bond motifs is 1. The van der Waals surface area contributed by atoms with Crippen LogP contribution in [0.3, 0.4) is 0 Å². The van der Waals surface area contributed by atoms with Crippen LogP contribution in [0, 0.1) is 0 Å². The molecule has 1 N–H and O–H groups in total. The monoisotopic (exact) mass is 237 g/mol. The summed E-state index contributed by atoms with van der Waals surface area (Å²) >= 11 is 0. The van der Waals surface area contributed by atoms with Crippen LogP contribution < -0.4 is 10.1 Å². The largest absolute Gasteiger partial charge is 0.471 e. The average Bonchev–Trinajstić information content (AvgIpc) is 2.38. The molecule has 0 radical (unpaired) electrons. The van der Waals surface area contributed by atoms with Gasteiger partial charge in [-0.3, -0.25) is 0 Å². The summed E-state index contributed by atoms with van der Waals surface area (Å²) in [6.45, 7) is 6.94. The minimum atomic E-state index is 0. The number of nitrogens with one attached hydrogen (secondary N) is 1. The molecular formula is C13H23N3O. The number of rotatable bonds is 2. The summed E-state index contributed by atoms with van der Waals surface area (Å²) in [6.07, 6.45) is 5.52. The van der Waals surface area contributed by atoms with Gasteiger partial charge in [-0.15, -0.1) is 0 Å². The summed E-state index contributed by atoms with van der Waals surface area (Å²) in [5.74, 6) is 0.691. The van der Waals surface area contributed by atoms with Crippen LogP contribution >= 0.6 is 0 Å². The van der Waals surface area contributed by atoms with E-state index < -0.39 is 0 Å². The van der Waals surface area contributed by atoms with Crippen molar-refractivity contribution in [2.45, 2.75) is 33.6 Å². The molecule has 4 heteroatoms. The van der Waals surface area contributed by atoms with Crippen molar-refractivity contribution >= 4 is 5.57 Å². The normalized spacial score (nSPS) is 13.2. The van der Waals surface area contributed by atoms with E-state index >= 15 is 0 Å². The molecule has 1 aromatic rings. The maximum atomic E-state index is 5.49. The maximum absolute atomic E-state index is 5.49. The first kappa shape index (κ1) is 13.5. The zero-order valence-electron chi connectivity index (χ0n) is 11.1. The second kappa shape index (κ2) is 6.89. The van der Waals surface area contributed by atoms with E-state index in [1.807, 2.05) is 7.05 Å². The molecule has 1 aliphatic rings. The molecule has 2 heterocycles. The van der Waals surface area contributed by atoms with Gasteiger partial charge >= 0.3 is 0 Å². The lowest BCUT2D eigenvalue weighted by Crippen LogP contribution is -2.21. The quantitative estimate of drug-likeness (QED) is 0.859. The van der Waals surface area contributed by atoms with Gasteiger partial charge in [0.25, 0.3) is 0 Å². The summed E-state index contributed by atoms with van der Waals surface area (Å²) in [4.78, 5) is 8.10. The SMILES string of the molecule is CCC.CCC1=C(NC)COc2ncncc21.[HH]. The topological polar surface area (TPSA) is 47.0 Å². The molecule has 0 saturated heterocycles. The van der Waals surface area contributed by atoms with Crippen molar-refractivity contribution in [3.05, 3.63) is 23.8 Å². The minimum absolute atomic E-state index is 0. The fourth-order valence-electron chi connectivity index (χ4n) is 1.66. The van der Waals surface area contributed by atoms with Crippen LogP contribution in [-0.4, -0.2) is 23.6 Å². The third kappa shape index (κ3) is 3.19. The highest BCUT2D eigenvalue weighted by atomic mass is 16.5. The molecule has 96 valence electrons. The van der Waals surface area contributed by atoms with Gasteiger partial charge in [0.15, 0.2) is 0 Å². The average molecular weight is 237 g/mol. The van der Waals surface area contributed by atoms with Gasteiger partial charge in [-0.25, -0.2) is 9.97 Å². The molecule has 17 heavy (non-hydrogen) atoms. The first-order valence-electron chi connectivity index (χ1n) is 6.11. The summed E-state index contributed by atoms with van der Waals surface area (Å²) in [5, 5.41) is 3.14. The Hall–Kier alpha value is -1.58. The Morgan fingerprint density at radius 2 is 2.12 bits per heavy atom. The Labute approximate surface area is 105 Å². The lowest BCUT2D eigenvalue weighted by Gasteiger charge is -2.21. The first-order valence-corrected chi connectivity index (χ1v) is 6.11. The predicted molar refractivity (Wildman–Crippen MR) is 71.9 cm³/mol. The van der Waals surface area contributed by atoms with E-state index in [2.05, 4.69) is 36.1 Å².